The molecule has 1 heterocycles. The molecule has 0 unspecified atom stereocenters. The lowest BCUT2D eigenvalue weighted by Gasteiger charge is -2.12. The molecule has 0 fully saturated rings. The average Bonchev–Trinajstić information content (AvgIpc) is 2.06. The molecule has 0 aliphatic rings. The minimum atomic E-state index is -2.64. The number of nitrogens with two attached hydrogens (primary N) is 1. The molecule has 1 rings (SSSR count). The van der Waals surface area contributed by atoms with Gasteiger partial charge in [-0.1, -0.05) is 0 Å². The summed E-state index contributed by atoms with van der Waals surface area (Å²) in [6.07, 6.45) is 2.82. The smallest absolute Gasteiger partial charge is 0.247 e. The van der Waals surface area contributed by atoms with E-state index in [0.29, 0.717) is 11.4 Å². The van der Waals surface area contributed by atoms with Crippen molar-refractivity contribution in [1.29, 1.82) is 0 Å². The largest absolute Gasteiger partial charge is 0.396 e. The van der Waals surface area contributed by atoms with Gasteiger partial charge in [0.2, 0.25) is 5.92 Å². The topological polar surface area (TPSA) is 50.9 Å². The zero-order valence-corrected chi connectivity index (χ0v) is 7.93. The van der Waals surface area contributed by atoms with Crippen molar-refractivity contribution in [3.8, 4) is 0 Å². The van der Waals surface area contributed by atoms with Crippen LogP contribution in [0.4, 0.5) is 20.2 Å². The minimum Gasteiger partial charge on any atom is -0.396 e. The highest BCUT2D eigenvalue weighted by atomic mass is 19.3. The third-order valence-corrected chi connectivity index (χ3v) is 1.73. The number of alkyl halides is 2. The van der Waals surface area contributed by atoms with E-state index in [2.05, 4.69) is 10.3 Å². The van der Waals surface area contributed by atoms with Gasteiger partial charge in [0.15, 0.2) is 0 Å². The second kappa shape index (κ2) is 4.21. The Balaban J connectivity index is 2.43. The molecule has 0 aliphatic heterocycles. The van der Waals surface area contributed by atoms with E-state index in [4.69, 9.17) is 5.73 Å². The lowest BCUT2D eigenvalue weighted by atomic mass is 10.2. The van der Waals surface area contributed by atoms with E-state index in [0.717, 1.165) is 6.92 Å². The van der Waals surface area contributed by atoms with Gasteiger partial charge in [-0.3, -0.25) is 4.98 Å². The third-order valence-electron chi connectivity index (χ3n) is 1.73. The summed E-state index contributed by atoms with van der Waals surface area (Å²) >= 11 is 0. The van der Waals surface area contributed by atoms with Crippen LogP contribution in [0.3, 0.4) is 0 Å². The molecule has 0 spiro atoms. The second-order valence-corrected chi connectivity index (χ2v) is 3.21. The minimum absolute atomic E-state index is 0.192. The van der Waals surface area contributed by atoms with Gasteiger partial charge in [0.1, 0.15) is 0 Å². The maximum atomic E-state index is 12.4. The number of nitrogens with zero attached hydrogens (tertiary/aromatic N) is 1. The van der Waals surface area contributed by atoms with E-state index >= 15 is 0 Å². The summed E-state index contributed by atoms with van der Waals surface area (Å²) in [5.41, 5.74) is 6.67. The van der Waals surface area contributed by atoms with Crippen molar-refractivity contribution >= 4 is 11.4 Å². The van der Waals surface area contributed by atoms with E-state index in [1.54, 1.807) is 12.3 Å². The molecular weight excluding hydrogens is 188 g/mol. The van der Waals surface area contributed by atoms with E-state index in [-0.39, 0.29) is 13.0 Å². The first-order valence-electron chi connectivity index (χ1n) is 4.30. The van der Waals surface area contributed by atoms with Crippen molar-refractivity contribution in [3.05, 3.63) is 18.5 Å². The number of rotatable bonds is 4. The molecule has 0 saturated heterocycles. The van der Waals surface area contributed by atoms with Crippen molar-refractivity contribution in [2.45, 2.75) is 19.3 Å². The highest BCUT2D eigenvalue weighted by Crippen LogP contribution is 2.19. The quantitative estimate of drug-likeness (QED) is 0.784. The van der Waals surface area contributed by atoms with Gasteiger partial charge >= 0.3 is 0 Å². The lowest BCUT2D eigenvalue weighted by molar-refractivity contribution is 0.0167. The Morgan fingerprint density at radius 1 is 1.57 bits per heavy atom. The number of pyridine rings is 1. The molecule has 0 atom stereocenters. The Morgan fingerprint density at radius 3 is 2.86 bits per heavy atom. The number of hydrogen-bond donors (Lipinski definition) is 2. The maximum absolute atomic E-state index is 12.4. The zero-order valence-electron chi connectivity index (χ0n) is 7.93. The van der Waals surface area contributed by atoms with Crippen LogP contribution in [0.25, 0.3) is 0 Å². The van der Waals surface area contributed by atoms with Crippen LogP contribution >= 0.6 is 0 Å². The second-order valence-electron chi connectivity index (χ2n) is 3.21. The molecule has 3 N–H and O–H groups in total. The highest BCUT2D eigenvalue weighted by Gasteiger charge is 2.19. The molecule has 0 radical (unpaired) electrons. The highest BCUT2D eigenvalue weighted by molar-refractivity contribution is 5.64. The summed E-state index contributed by atoms with van der Waals surface area (Å²) in [5.74, 6) is -2.64. The summed E-state index contributed by atoms with van der Waals surface area (Å²) in [5, 5.41) is 2.82. The fourth-order valence-corrected chi connectivity index (χ4v) is 0.984. The fourth-order valence-electron chi connectivity index (χ4n) is 0.984. The monoisotopic (exact) mass is 201 g/mol. The van der Waals surface area contributed by atoms with Crippen LogP contribution in [0, 0.1) is 0 Å². The molecule has 3 nitrogen and oxygen atoms in total. The number of halogens is 2. The van der Waals surface area contributed by atoms with Gasteiger partial charge in [0.25, 0.3) is 0 Å². The van der Waals surface area contributed by atoms with Gasteiger partial charge in [0.05, 0.1) is 17.6 Å². The number of nitrogens with one attached hydrogen (secondary N) is 1. The molecule has 5 heteroatoms. The number of nitrogen functional groups attached to an aromatic ring is 1. The maximum Gasteiger partial charge on any atom is 0.247 e. The molecule has 0 saturated carbocycles. The van der Waals surface area contributed by atoms with E-state index in [1.807, 2.05) is 0 Å². The first-order valence-corrected chi connectivity index (χ1v) is 4.30. The molecule has 14 heavy (non-hydrogen) atoms. The van der Waals surface area contributed by atoms with Crippen molar-refractivity contribution in [2.24, 2.45) is 0 Å². The van der Waals surface area contributed by atoms with Crippen molar-refractivity contribution in [3.63, 3.8) is 0 Å². The first-order chi connectivity index (χ1) is 6.49. The summed E-state index contributed by atoms with van der Waals surface area (Å²) in [6, 6.07) is 1.66. The normalized spacial score (nSPS) is 11.4. The van der Waals surface area contributed by atoms with Gasteiger partial charge in [-0.05, 0) is 13.0 Å². The zero-order chi connectivity index (χ0) is 10.6. The van der Waals surface area contributed by atoms with E-state index in [1.165, 1.54) is 6.20 Å². The first kappa shape index (κ1) is 10.7. The van der Waals surface area contributed by atoms with Crippen LogP contribution in [0.15, 0.2) is 18.5 Å². The Labute approximate surface area is 81.3 Å². The SMILES string of the molecule is CC(F)(F)CCNc1ccncc1N. The van der Waals surface area contributed by atoms with Gasteiger partial charge in [-0.15, -0.1) is 0 Å². The molecular formula is C9H13F2N3. The van der Waals surface area contributed by atoms with Crippen molar-refractivity contribution < 1.29 is 8.78 Å². The van der Waals surface area contributed by atoms with E-state index < -0.39 is 5.92 Å². The number of hydrogen-bond acceptors (Lipinski definition) is 3. The lowest BCUT2D eigenvalue weighted by Crippen LogP contribution is -2.16. The molecule has 1 aromatic rings. The third kappa shape index (κ3) is 3.55. The molecule has 0 aromatic carbocycles. The molecule has 1 aromatic heterocycles. The Bertz CT molecular complexity index is 296. The summed E-state index contributed by atoms with van der Waals surface area (Å²) < 4.78 is 24.9. The summed E-state index contributed by atoms with van der Waals surface area (Å²) in [7, 11) is 0. The summed E-state index contributed by atoms with van der Waals surface area (Å²) in [4.78, 5) is 3.79. The van der Waals surface area contributed by atoms with Gasteiger partial charge in [0, 0.05) is 19.2 Å². The van der Waals surface area contributed by atoms with Crippen LogP contribution in [-0.4, -0.2) is 17.5 Å². The number of aromatic nitrogens is 1. The molecule has 78 valence electrons. The Kier molecular flexibility index (Phi) is 3.22. The molecule has 0 aliphatic carbocycles. The standard InChI is InChI=1S/C9H13F2N3/c1-9(10,11)3-5-14-8-2-4-13-6-7(8)12/h2,4,6H,3,5,12H2,1H3,(H,13,14). The molecule has 0 amide bonds. The van der Waals surface area contributed by atoms with Gasteiger partial charge in [-0.2, -0.15) is 0 Å². The Morgan fingerprint density at radius 2 is 2.29 bits per heavy atom. The molecule has 0 bridgehead atoms. The van der Waals surface area contributed by atoms with Crippen LogP contribution < -0.4 is 11.1 Å². The van der Waals surface area contributed by atoms with Crippen LogP contribution in [0.5, 0.6) is 0 Å². The van der Waals surface area contributed by atoms with Gasteiger partial charge in [-0.25, -0.2) is 8.78 Å². The van der Waals surface area contributed by atoms with Gasteiger partial charge < -0.3 is 11.1 Å². The Hall–Kier alpha value is -1.39. The van der Waals surface area contributed by atoms with Crippen molar-refractivity contribution in [1.82, 2.24) is 4.98 Å². The number of anilines is 2. The van der Waals surface area contributed by atoms with Crippen LogP contribution in [0.1, 0.15) is 13.3 Å². The predicted molar refractivity (Wildman–Crippen MR) is 52.4 cm³/mol. The summed E-state index contributed by atoms with van der Waals surface area (Å²) in [6.45, 7) is 1.09. The van der Waals surface area contributed by atoms with Crippen LogP contribution in [0.2, 0.25) is 0 Å². The van der Waals surface area contributed by atoms with Crippen LogP contribution in [-0.2, 0) is 0 Å². The predicted octanol–water partition coefficient (Wildman–Crippen LogP) is 2.12. The van der Waals surface area contributed by atoms with E-state index in [9.17, 15) is 8.78 Å². The van der Waals surface area contributed by atoms with Crippen molar-refractivity contribution in [2.75, 3.05) is 17.6 Å². The average molecular weight is 201 g/mol. The fraction of sp³-hybridized carbons (Fsp3) is 0.444.